The topological polar surface area (TPSA) is 44.4 Å². The molecular weight excluding hydrogens is 354 g/mol. The second-order valence-electron chi connectivity index (χ2n) is 7.53. The molecule has 0 aromatic heterocycles. The van der Waals surface area contributed by atoms with Crippen LogP contribution in [0.2, 0.25) is 5.02 Å². The van der Waals surface area contributed by atoms with Crippen molar-refractivity contribution >= 4 is 40.5 Å². The van der Waals surface area contributed by atoms with E-state index in [0.717, 1.165) is 54.3 Å². The van der Waals surface area contributed by atoms with Gasteiger partial charge in [-0.15, -0.1) is 0 Å². The third-order valence-corrected chi connectivity index (χ3v) is 6.16. The van der Waals surface area contributed by atoms with Gasteiger partial charge >= 0.3 is 0 Å². The van der Waals surface area contributed by atoms with Gasteiger partial charge in [0.2, 0.25) is 5.91 Å². The number of rotatable bonds is 3. The van der Waals surface area contributed by atoms with E-state index in [4.69, 9.17) is 23.8 Å². The Morgan fingerprint density at radius 2 is 1.72 bits per heavy atom. The molecule has 1 aromatic rings. The summed E-state index contributed by atoms with van der Waals surface area (Å²) in [5.74, 6) is 0.545. The molecule has 1 aromatic carbocycles. The van der Waals surface area contributed by atoms with Gasteiger partial charge in [-0.25, -0.2) is 0 Å². The van der Waals surface area contributed by atoms with Gasteiger partial charge in [-0.05, 0) is 81.4 Å². The molecule has 2 saturated heterocycles. The van der Waals surface area contributed by atoms with Crippen LogP contribution in [-0.2, 0) is 4.79 Å². The van der Waals surface area contributed by atoms with Crippen LogP contribution in [-0.4, -0.2) is 34.0 Å². The zero-order valence-corrected chi connectivity index (χ0v) is 15.8. The van der Waals surface area contributed by atoms with Gasteiger partial charge in [0.1, 0.15) is 0 Å². The Balaban J connectivity index is 1.40. The Morgan fingerprint density at radius 1 is 1.08 bits per heavy atom. The van der Waals surface area contributed by atoms with Crippen LogP contribution < -0.4 is 10.6 Å². The summed E-state index contributed by atoms with van der Waals surface area (Å²) >= 11 is 11.7. The number of carbonyl (C=O) groups is 1. The number of fused-ring (bicyclic) bond motifs is 2. The highest BCUT2D eigenvalue weighted by atomic mass is 35.5. The summed E-state index contributed by atoms with van der Waals surface area (Å²) in [7, 11) is 0. The summed E-state index contributed by atoms with van der Waals surface area (Å²) in [5, 5.41) is 8.16. The van der Waals surface area contributed by atoms with Crippen LogP contribution >= 0.6 is 23.8 Å². The van der Waals surface area contributed by atoms with Crippen LogP contribution in [0.5, 0.6) is 0 Å². The quantitative estimate of drug-likeness (QED) is 0.783. The molecule has 1 aliphatic carbocycles. The lowest BCUT2D eigenvalue weighted by Crippen LogP contribution is -2.59. The van der Waals surface area contributed by atoms with Crippen LogP contribution in [0.1, 0.15) is 44.9 Å². The Kier molecular flexibility index (Phi) is 4.87. The van der Waals surface area contributed by atoms with Crippen LogP contribution in [0, 0.1) is 5.92 Å². The number of hydrogen-bond acceptors (Lipinski definition) is 2. The lowest BCUT2D eigenvalue weighted by molar-refractivity contribution is -0.123. The molecule has 3 aliphatic rings. The van der Waals surface area contributed by atoms with Crippen molar-refractivity contribution in [2.24, 2.45) is 5.92 Å². The SMILES string of the molecule is O=C(NC1C[C@@H]2CCC[C@@H](C1)N2C(=S)Nc1ccc(Cl)cc1)C1CC1. The fourth-order valence-corrected chi connectivity index (χ4v) is 4.76. The number of nitrogens with zero attached hydrogens (tertiary/aromatic N) is 1. The highest BCUT2D eigenvalue weighted by molar-refractivity contribution is 7.80. The molecule has 4 rings (SSSR count). The maximum absolute atomic E-state index is 12.1. The average Bonchev–Trinajstić information content (AvgIpc) is 3.41. The summed E-state index contributed by atoms with van der Waals surface area (Å²) in [4.78, 5) is 14.5. The van der Waals surface area contributed by atoms with Crippen molar-refractivity contribution in [2.75, 3.05) is 5.32 Å². The van der Waals surface area contributed by atoms with E-state index in [0.29, 0.717) is 18.1 Å². The maximum Gasteiger partial charge on any atom is 0.223 e. The highest BCUT2D eigenvalue weighted by Crippen LogP contribution is 2.36. The number of thiocarbonyl (C=S) groups is 1. The molecule has 2 N–H and O–H groups in total. The van der Waals surface area contributed by atoms with Crippen LogP contribution in [0.4, 0.5) is 5.69 Å². The van der Waals surface area contributed by atoms with E-state index in [1.54, 1.807) is 0 Å². The van der Waals surface area contributed by atoms with Crippen molar-refractivity contribution in [1.82, 2.24) is 10.2 Å². The number of halogens is 1. The van der Waals surface area contributed by atoms with E-state index < -0.39 is 0 Å². The van der Waals surface area contributed by atoms with Gasteiger partial charge in [-0.1, -0.05) is 11.6 Å². The zero-order valence-electron chi connectivity index (χ0n) is 14.2. The second-order valence-corrected chi connectivity index (χ2v) is 8.36. The minimum absolute atomic E-state index is 0.262. The highest BCUT2D eigenvalue weighted by Gasteiger charge is 2.41. The molecule has 2 aliphatic heterocycles. The Hall–Kier alpha value is -1.33. The van der Waals surface area contributed by atoms with Gasteiger partial charge in [0.05, 0.1) is 0 Å². The summed E-state index contributed by atoms with van der Waals surface area (Å²) in [6.07, 6.45) is 7.66. The monoisotopic (exact) mass is 377 g/mol. The minimum Gasteiger partial charge on any atom is -0.353 e. The first-order valence-electron chi connectivity index (χ1n) is 9.25. The molecule has 1 amide bonds. The predicted octanol–water partition coefficient (Wildman–Crippen LogP) is 3.95. The molecule has 3 fully saturated rings. The fourth-order valence-electron chi connectivity index (χ4n) is 4.22. The van der Waals surface area contributed by atoms with Crippen molar-refractivity contribution in [2.45, 2.75) is 63.1 Å². The minimum atomic E-state index is 0.262. The molecular formula is C19H24ClN3OS. The van der Waals surface area contributed by atoms with E-state index >= 15 is 0 Å². The standard InChI is InChI=1S/C19H24ClN3OS/c20-13-6-8-14(9-7-13)22-19(25)23-16-2-1-3-17(23)11-15(10-16)21-18(24)12-4-5-12/h6-9,12,15-17H,1-5,10-11H2,(H,21,24)(H,22,25)/t16-,17-/m0/s1. The van der Waals surface area contributed by atoms with Crippen LogP contribution in [0.15, 0.2) is 24.3 Å². The first-order chi connectivity index (χ1) is 12.1. The van der Waals surface area contributed by atoms with E-state index in [2.05, 4.69) is 15.5 Å². The largest absolute Gasteiger partial charge is 0.353 e. The summed E-state index contributed by atoms with van der Waals surface area (Å²) < 4.78 is 0. The average molecular weight is 378 g/mol. The molecule has 25 heavy (non-hydrogen) atoms. The van der Waals surface area contributed by atoms with Gasteiger partial charge in [-0.2, -0.15) is 0 Å². The normalized spacial score (nSPS) is 28.4. The number of piperidine rings is 2. The van der Waals surface area contributed by atoms with E-state index in [9.17, 15) is 4.79 Å². The molecule has 6 heteroatoms. The molecule has 2 heterocycles. The van der Waals surface area contributed by atoms with Gasteiger partial charge in [0.25, 0.3) is 0 Å². The molecule has 4 nitrogen and oxygen atoms in total. The fraction of sp³-hybridized carbons (Fsp3) is 0.579. The van der Waals surface area contributed by atoms with E-state index in [1.807, 2.05) is 24.3 Å². The van der Waals surface area contributed by atoms with Gasteiger partial charge in [0, 0.05) is 34.8 Å². The van der Waals surface area contributed by atoms with Crippen molar-refractivity contribution in [3.05, 3.63) is 29.3 Å². The second kappa shape index (κ2) is 7.12. The van der Waals surface area contributed by atoms with Crippen molar-refractivity contribution < 1.29 is 4.79 Å². The summed E-state index contributed by atoms with van der Waals surface area (Å²) in [6.45, 7) is 0. The van der Waals surface area contributed by atoms with Gasteiger partial charge in [-0.3, -0.25) is 4.79 Å². The molecule has 0 radical (unpaired) electrons. The number of amides is 1. The van der Waals surface area contributed by atoms with Gasteiger partial charge < -0.3 is 15.5 Å². The molecule has 1 saturated carbocycles. The number of hydrogen-bond donors (Lipinski definition) is 2. The van der Waals surface area contributed by atoms with Crippen LogP contribution in [0.25, 0.3) is 0 Å². The van der Waals surface area contributed by atoms with E-state index in [1.165, 1.54) is 6.42 Å². The summed E-state index contributed by atoms with van der Waals surface area (Å²) in [6, 6.07) is 8.78. The third kappa shape index (κ3) is 3.93. The smallest absolute Gasteiger partial charge is 0.223 e. The van der Waals surface area contributed by atoms with Crippen molar-refractivity contribution in [1.29, 1.82) is 0 Å². The maximum atomic E-state index is 12.1. The van der Waals surface area contributed by atoms with Crippen molar-refractivity contribution in [3.8, 4) is 0 Å². The number of carbonyl (C=O) groups excluding carboxylic acids is 1. The Morgan fingerprint density at radius 3 is 2.32 bits per heavy atom. The molecule has 0 unspecified atom stereocenters. The molecule has 2 bridgehead atoms. The zero-order chi connectivity index (χ0) is 17.4. The lowest BCUT2D eigenvalue weighted by Gasteiger charge is -2.50. The third-order valence-electron chi connectivity index (χ3n) is 5.60. The number of anilines is 1. The van der Waals surface area contributed by atoms with Crippen molar-refractivity contribution in [3.63, 3.8) is 0 Å². The first-order valence-corrected chi connectivity index (χ1v) is 10.0. The van der Waals surface area contributed by atoms with E-state index in [-0.39, 0.29) is 11.8 Å². The summed E-state index contributed by atoms with van der Waals surface area (Å²) in [5.41, 5.74) is 0.969. The predicted molar refractivity (Wildman–Crippen MR) is 105 cm³/mol. The Bertz CT molecular complexity index is 647. The lowest BCUT2D eigenvalue weighted by atomic mass is 9.82. The van der Waals surface area contributed by atoms with Crippen LogP contribution in [0.3, 0.4) is 0 Å². The van der Waals surface area contributed by atoms with Gasteiger partial charge in [0.15, 0.2) is 5.11 Å². The molecule has 2 atom stereocenters. The Labute approximate surface area is 159 Å². The molecule has 134 valence electrons. The first kappa shape index (κ1) is 17.1. The molecule has 0 spiro atoms. The number of benzene rings is 1. The number of nitrogens with one attached hydrogen (secondary N) is 2.